The van der Waals surface area contributed by atoms with Gasteiger partial charge in [-0.3, -0.25) is 14.8 Å². The Hall–Kier alpha value is -1.94. The number of hydrogen-bond donors (Lipinski definition) is 0. The smallest absolute Gasteiger partial charge is 0.168 e. The van der Waals surface area contributed by atoms with Gasteiger partial charge in [-0.2, -0.15) is 0 Å². The van der Waals surface area contributed by atoms with Crippen molar-refractivity contribution >= 4 is 23.9 Å². The Morgan fingerprint density at radius 1 is 1.31 bits per heavy atom. The van der Waals surface area contributed by atoms with Gasteiger partial charge in [0.05, 0.1) is 17.1 Å². The molecule has 0 fully saturated rings. The van der Waals surface area contributed by atoms with Crippen molar-refractivity contribution in [1.29, 1.82) is 0 Å². The Kier molecular flexibility index (Phi) is 2.83. The molecule has 0 aromatic heterocycles. The Labute approximate surface area is 94.5 Å². The van der Waals surface area contributed by atoms with E-state index in [-0.39, 0.29) is 0 Å². The van der Waals surface area contributed by atoms with Gasteiger partial charge in [-0.1, -0.05) is 12.1 Å². The minimum absolute atomic E-state index is 0.568. The SMILES string of the molecule is CN(C)N1C(C=O)=CC=Nc2ccccc21. The number of allylic oxidation sites excluding steroid dienone is 2. The predicted octanol–water partition coefficient (Wildman–Crippen LogP) is 1.77. The molecular formula is C12H13N3O. The Bertz CT molecular complexity index is 463. The molecule has 0 radical (unpaired) electrons. The lowest BCUT2D eigenvalue weighted by molar-refractivity contribution is -0.105. The van der Waals surface area contributed by atoms with Gasteiger partial charge in [-0.25, -0.2) is 5.01 Å². The maximum absolute atomic E-state index is 11.0. The molecule has 0 saturated heterocycles. The maximum Gasteiger partial charge on any atom is 0.168 e. The predicted molar refractivity (Wildman–Crippen MR) is 64.9 cm³/mol. The summed E-state index contributed by atoms with van der Waals surface area (Å²) >= 11 is 0. The zero-order valence-corrected chi connectivity index (χ0v) is 9.29. The molecule has 2 rings (SSSR count). The van der Waals surface area contributed by atoms with E-state index in [1.807, 2.05) is 48.4 Å². The van der Waals surface area contributed by atoms with Gasteiger partial charge in [0.2, 0.25) is 0 Å². The summed E-state index contributed by atoms with van der Waals surface area (Å²) in [5.74, 6) is 0. The fraction of sp³-hybridized carbons (Fsp3) is 0.167. The van der Waals surface area contributed by atoms with Crippen molar-refractivity contribution in [3.05, 3.63) is 36.0 Å². The van der Waals surface area contributed by atoms with Crippen LogP contribution in [-0.4, -0.2) is 31.6 Å². The third-order valence-electron chi connectivity index (χ3n) is 2.33. The van der Waals surface area contributed by atoms with E-state index in [0.717, 1.165) is 17.7 Å². The first-order valence-electron chi connectivity index (χ1n) is 5.00. The minimum Gasteiger partial charge on any atom is -0.296 e. The van der Waals surface area contributed by atoms with Crippen LogP contribution >= 0.6 is 0 Å². The van der Waals surface area contributed by atoms with Crippen LogP contribution in [0.5, 0.6) is 0 Å². The quantitative estimate of drug-likeness (QED) is 0.705. The van der Waals surface area contributed by atoms with Gasteiger partial charge in [-0.15, -0.1) is 0 Å². The van der Waals surface area contributed by atoms with Gasteiger partial charge < -0.3 is 0 Å². The van der Waals surface area contributed by atoms with Gasteiger partial charge in [0.25, 0.3) is 0 Å². The molecular weight excluding hydrogens is 202 g/mol. The molecule has 0 aliphatic carbocycles. The lowest BCUT2D eigenvalue weighted by atomic mass is 10.2. The molecule has 0 amide bonds. The average molecular weight is 215 g/mol. The molecule has 1 aliphatic rings. The molecule has 0 spiro atoms. The highest BCUT2D eigenvalue weighted by Crippen LogP contribution is 2.32. The van der Waals surface area contributed by atoms with Crippen molar-refractivity contribution in [2.24, 2.45) is 4.99 Å². The second-order valence-corrected chi connectivity index (χ2v) is 3.64. The lowest BCUT2D eigenvalue weighted by Crippen LogP contribution is -2.36. The van der Waals surface area contributed by atoms with E-state index in [0.29, 0.717) is 5.70 Å². The van der Waals surface area contributed by atoms with Crippen LogP contribution in [0.3, 0.4) is 0 Å². The third kappa shape index (κ3) is 1.75. The standard InChI is InChI=1S/C12H13N3O/c1-14(2)15-10(9-16)7-8-13-11-5-3-4-6-12(11)15/h3-9H,1-2H3. The van der Waals surface area contributed by atoms with Gasteiger partial charge in [0.15, 0.2) is 6.29 Å². The van der Waals surface area contributed by atoms with Gasteiger partial charge in [-0.05, 0) is 18.2 Å². The van der Waals surface area contributed by atoms with E-state index < -0.39 is 0 Å². The van der Waals surface area contributed by atoms with Crippen LogP contribution < -0.4 is 5.01 Å². The van der Waals surface area contributed by atoms with E-state index >= 15 is 0 Å². The van der Waals surface area contributed by atoms with Crippen LogP contribution in [0.2, 0.25) is 0 Å². The number of fused-ring (bicyclic) bond motifs is 1. The van der Waals surface area contributed by atoms with Crippen LogP contribution in [-0.2, 0) is 4.79 Å². The fourth-order valence-corrected chi connectivity index (χ4v) is 1.69. The summed E-state index contributed by atoms with van der Waals surface area (Å²) in [5.41, 5.74) is 2.32. The third-order valence-corrected chi connectivity index (χ3v) is 2.33. The van der Waals surface area contributed by atoms with Gasteiger partial charge >= 0.3 is 0 Å². The van der Waals surface area contributed by atoms with Crippen LogP contribution in [0.1, 0.15) is 0 Å². The van der Waals surface area contributed by atoms with Gasteiger partial charge in [0, 0.05) is 20.3 Å². The summed E-state index contributed by atoms with van der Waals surface area (Å²) in [7, 11) is 3.78. The summed E-state index contributed by atoms with van der Waals surface area (Å²) in [4.78, 5) is 15.3. The number of anilines is 1. The van der Waals surface area contributed by atoms with Crippen LogP contribution in [0.25, 0.3) is 0 Å². The van der Waals surface area contributed by atoms with Crippen molar-refractivity contribution in [2.45, 2.75) is 0 Å². The fourth-order valence-electron chi connectivity index (χ4n) is 1.69. The molecule has 1 heterocycles. The molecule has 1 aromatic carbocycles. The molecule has 0 saturated carbocycles. The van der Waals surface area contributed by atoms with Crippen molar-refractivity contribution in [2.75, 3.05) is 19.1 Å². The number of hydrazine groups is 1. The van der Waals surface area contributed by atoms with E-state index in [1.165, 1.54) is 0 Å². The van der Waals surface area contributed by atoms with E-state index in [9.17, 15) is 4.79 Å². The largest absolute Gasteiger partial charge is 0.296 e. The number of para-hydroxylation sites is 2. The first-order valence-corrected chi connectivity index (χ1v) is 5.00. The molecule has 4 heteroatoms. The number of nitrogens with zero attached hydrogens (tertiary/aromatic N) is 3. The average Bonchev–Trinajstić information content (AvgIpc) is 2.47. The minimum atomic E-state index is 0.568. The van der Waals surface area contributed by atoms with Crippen LogP contribution in [0.4, 0.5) is 11.4 Å². The molecule has 4 nitrogen and oxygen atoms in total. The molecule has 0 atom stereocenters. The highest BCUT2D eigenvalue weighted by molar-refractivity contribution is 5.93. The molecule has 16 heavy (non-hydrogen) atoms. The van der Waals surface area contributed by atoms with Crippen molar-refractivity contribution in [3.63, 3.8) is 0 Å². The Morgan fingerprint density at radius 3 is 2.75 bits per heavy atom. The number of aliphatic imine (C=N–C) groups is 1. The Morgan fingerprint density at radius 2 is 2.06 bits per heavy atom. The van der Waals surface area contributed by atoms with Gasteiger partial charge in [0.1, 0.15) is 0 Å². The second kappa shape index (κ2) is 4.28. The first kappa shape index (κ1) is 10.6. The number of rotatable bonds is 2. The van der Waals surface area contributed by atoms with E-state index in [1.54, 1.807) is 12.3 Å². The molecule has 1 aromatic rings. The second-order valence-electron chi connectivity index (χ2n) is 3.64. The zero-order valence-electron chi connectivity index (χ0n) is 9.29. The normalized spacial score (nSPS) is 14.4. The molecule has 0 unspecified atom stereocenters. The topological polar surface area (TPSA) is 35.9 Å². The van der Waals surface area contributed by atoms with Crippen LogP contribution in [0.15, 0.2) is 41.0 Å². The van der Waals surface area contributed by atoms with Crippen molar-refractivity contribution < 1.29 is 4.79 Å². The first-order chi connectivity index (χ1) is 7.74. The van der Waals surface area contributed by atoms with E-state index in [2.05, 4.69) is 4.99 Å². The number of hydrogen-bond acceptors (Lipinski definition) is 4. The zero-order chi connectivity index (χ0) is 11.5. The van der Waals surface area contributed by atoms with Crippen LogP contribution in [0, 0.1) is 0 Å². The van der Waals surface area contributed by atoms with Crippen molar-refractivity contribution in [1.82, 2.24) is 5.01 Å². The number of carbonyl (C=O) groups is 1. The summed E-state index contributed by atoms with van der Waals surface area (Å²) in [6.45, 7) is 0. The highest BCUT2D eigenvalue weighted by Gasteiger charge is 2.18. The van der Waals surface area contributed by atoms with Crippen molar-refractivity contribution in [3.8, 4) is 0 Å². The monoisotopic (exact) mass is 215 g/mol. The highest BCUT2D eigenvalue weighted by atomic mass is 16.1. The summed E-state index contributed by atoms with van der Waals surface area (Å²) in [6, 6.07) is 7.72. The number of carbonyl (C=O) groups excluding carboxylic acids is 1. The Balaban J connectivity index is 2.58. The molecule has 0 N–H and O–H groups in total. The van der Waals surface area contributed by atoms with E-state index in [4.69, 9.17) is 0 Å². The maximum atomic E-state index is 11.0. The summed E-state index contributed by atoms with van der Waals surface area (Å²) in [6.07, 6.45) is 4.17. The number of benzene rings is 1. The summed E-state index contributed by atoms with van der Waals surface area (Å²) in [5, 5.41) is 3.68. The number of aldehydes is 1. The summed E-state index contributed by atoms with van der Waals surface area (Å²) < 4.78 is 0. The molecule has 1 aliphatic heterocycles. The lowest BCUT2D eigenvalue weighted by Gasteiger charge is -2.30. The molecule has 0 bridgehead atoms. The molecule has 82 valence electrons.